The van der Waals surface area contributed by atoms with Gasteiger partial charge in [-0.25, -0.2) is 0 Å². The van der Waals surface area contributed by atoms with Crippen molar-refractivity contribution < 1.29 is 4.74 Å². The number of thiocarbonyl (C=S) groups is 1. The van der Waals surface area contributed by atoms with Gasteiger partial charge in [0.15, 0.2) is 0 Å². The van der Waals surface area contributed by atoms with Crippen LogP contribution in [0.1, 0.15) is 17.5 Å². The minimum Gasteiger partial charge on any atom is -0.494 e. The molecule has 1 aromatic rings. The molecule has 0 N–H and O–H groups in total. The van der Waals surface area contributed by atoms with E-state index in [2.05, 4.69) is 28.4 Å². The summed E-state index contributed by atoms with van der Waals surface area (Å²) in [5, 5.41) is 2.42. The second-order valence-electron chi connectivity index (χ2n) is 3.31. The second-order valence-corrected chi connectivity index (χ2v) is 3.49. The fourth-order valence-corrected chi connectivity index (χ4v) is 2.05. The first-order chi connectivity index (χ1) is 6.86. The van der Waals surface area contributed by atoms with Crippen molar-refractivity contribution in [1.29, 1.82) is 0 Å². The van der Waals surface area contributed by atoms with Crippen LogP contribution in [0.2, 0.25) is 0 Å². The molecule has 0 saturated heterocycles. The van der Waals surface area contributed by atoms with Crippen molar-refractivity contribution in [3.63, 3.8) is 0 Å². The van der Waals surface area contributed by atoms with E-state index in [0.29, 0.717) is 0 Å². The van der Waals surface area contributed by atoms with Gasteiger partial charge in [-0.3, -0.25) is 0 Å². The smallest absolute Gasteiger partial charge is 0.145 e. The van der Waals surface area contributed by atoms with Gasteiger partial charge in [0.25, 0.3) is 0 Å². The standard InChI is InChI=1S/C11H11NOS/c1-13-10-6-5-8-3-2-4-9(8)11(10)12-7-14/h5-6H,2-4H2,1H3. The number of hydrogen-bond acceptors (Lipinski definition) is 3. The Bertz CT molecular complexity index is 408. The molecule has 0 radical (unpaired) electrons. The average Bonchev–Trinajstić information content (AvgIpc) is 2.67. The van der Waals surface area contributed by atoms with E-state index in [-0.39, 0.29) is 0 Å². The maximum Gasteiger partial charge on any atom is 0.145 e. The number of benzene rings is 1. The van der Waals surface area contributed by atoms with Crippen LogP contribution in [0.15, 0.2) is 17.1 Å². The molecule has 14 heavy (non-hydrogen) atoms. The summed E-state index contributed by atoms with van der Waals surface area (Å²) in [4.78, 5) is 4.09. The molecule has 0 bridgehead atoms. The molecule has 1 aromatic carbocycles. The molecule has 3 heteroatoms. The molecule has 0 heterocycles. The molecule has 2 rings (SSSR count). The van der Waals surface area contributed by atoms with Crippen LogP contribution in [0, 0.1) is 0 Å². The van der Waals surface area contributed by atoms with Gasteiger partial charge in [0, 0.05) is 0 Å². The lowest BCUT2D eigenvalue weighted by Crippen LogP contribution is -1.89. The lowest BCUT2D eigenvalue weighted by atomic mass is 10.1. The third-order valence-electron chi connectivity index (χ3n) is 2.59. The number of isothiocyanates is 1. The number of ether oxygens (including phenoxy) is 1. The van der Waals surface area contributed by atoms with Crippen molar-refractivity contribution in [3.05, 3.63) is 23.3 Å². The van der Waals surface area contributed by atoms with Crippen molar-refractivity contribution in [1.82, 2.24) is 0 Å². The van der Waals surface area contributed by atoms with Crippen molar-refractivity contribution in [2.45, 2.75) is 19.3 Å². The topological polar surface area (TPSA) is 21.6 Å². The average molecular weight is 205 g/mol. The first-order valence-corrected chi connectivity index (χ1v) is 5.04. The molecule has 0 spiro atoms. The van der Waals surface area contributed by atoms with E-state index in [0.717, 1.165) is 24.3 Å². The minimum absolute atomic E-state index is 0.794. The van der Waals surface area contributed by atoms with E-state index in [1.807, 2.05) is 6.07 Å². The molecule has 0 fully saturated rings. The largest absolute Gasteiger partial charge is 0.494 e. The number of methoxy groups -OCH3 is 1. The van der Waals surface area contributed by atoms with E-state index >= 15 is 0 Å². The molecular weight excluding hydrogens is 194 g/mol. The van der Waals surface area contributed by atoms with Gasteiger partial charge in [-0.05, 0) is 48.7 Å². The molecule has 0 aliphatic heterocycles. The van der Waals surface area contributed by atoms with Gasteiger partial charge in [0.1, 0.15) is 11.4 Å². The van der Waals surface area contributed by atoms with E-state index < -0.39 is 0 Å². The van der Waals surface area contributed by atoms with Crippen LogP contribution in [0.4, 0.5) is 5.69 Å². The maximum absolute atomic E-state index is 5.24. The monoisotopic (exact) mass is 205 g/mol. The Labute approximate surface area is 88.6 Å². The fourth-order valence-electron chi connectivity index (χ4n) is 1.96. The fraction of sp³-hybridized carbons (Fsp3) is 0.364. The lowest BCUT2D eigenvalue weighted by Gasteiger charge is -2.08. The summed E-state index contributed by atoms with van der Waals surface area (Å²) in [7, 11) is 1.65. The molecule has 1 aliphatic rings. The van der Waals surface area contributed by atoms with Crippen molar-refractivity contribution in [3.8, 4) is 5.75 Å². The van der Waals surface area contributed by atoms with E-state index in [1.54, 1.807) is 7.11 Å². The van der Waals surface area contributed by atoms with Gasteiger partial charge in [-0.15, -0.1) is 0 Å². The summed E-state index contributed by atoms with van der Waals surface area (Å²) >= 11 is 4.64. The number of nitrogens with zero attached hydrogens (tertiary/aromatic N) is 1. The molecule has 0 saturated carbocycles. The van der Waals surface area contributed by atoms with E-state index in [9.17, 15) is 0 Å². The summed E-state index contributed by atoms with van der Waals surface area (Å²) in [5.74, 6) is 0.794. The van der Waals surface area contributed by atoms with Gasteiger partial charge in [-0.2, -0.15) is 4.99 Å². The Hall–Kier alpha value is -1.18. The molecule has 0 aromatic heterocycles. The summed E-state index contributed by atoms with van der Waals surface area (Å²) in [6.45, 7) is 0. The van der Waals surface area contributed by atoms with Crippen LogP contribution in [0.3, 0.4) is 0 Å². The molecule has 0 amide bonds. The minimum atomic E-state index is 0.794. The van der Waals surface area contributed by atoms with Crippen LogP contribution in [-0.4, -0.2) is 12.3 Å². The van der Waals surface area contributed by atoms with Gasteiger partial charge < -0.3 is 4.74 Å². The number of aliphatic imine (C=N–C) groups is 1. The summed E-state index contributed by atoms with van der Waals surface area (Å²) in [6, 6.07) is 4.07. The Balaban J connectivity index is 2.61. The highest BCUT2D eigenvalue weighted by Gasteiger charge is 2.17. The highest BCUT2D eigenvalue weighted by atomic mass is 32.1. The van der Waals surface area contributed by atoms with Crippen molar-refractivity contribution in [2.75, 3.05) is 7.11 Å². The first kappa shape index (κ1) is 9.38. The number of fused-ring (bicyclic) bond motifs is 1. The zero-order chi connectivity index (χ0) is 9.97. The molecule has 0 unspecified atom stereocenters. The molecular formula is C11H11NOS. The highest BCUT2D eigenvalue weighted by molar-refractivity contribution is 7.78. The second kappa shape index (κ2) is 3.91. The predicted octanol–water partition coefficient (Wildman–Crippen LogP) is 2.92. The molecule has 0 atom stereocenters. The van der Waals surface area contributed by atoms with Crippen molar-refractivity contribution in [2.24, 2.45) is 4.99 Å². The van der Waals surface area contributed by atoms with Crippen LogP contribution in [0.5, 0.6) is 5.75 Å². The van der Waals surface area contributed by atoms with Crippen LogP contribution < -0.4 is 4.74 Å². The number of aryl methyl sites for hydroxylation is 1. The van der Waals surface area contributed by atoms with Crippen LogP contribution >= 0.6 is 12.2 Å². The number of rotatable bonds is 2. The first-order valence-electron chi connectivity index (χ1n) is 4.63. The SMILES string of the molecule is COc1ccc2c(c1N=C=S)CCC2. The highest BCUT2D eigenvalue weighted by Crippen LogP contribution is 2.38. The van der Waals surface area contributed by atoms with Gasteiger partial charge in [-0.1, -0.05) is 6.07 Å². The predicted molar refractivity (Wildman–Crippen MR) is 59.7 cm³/mol. The molecule has 1 aliphatic carbocycles. The molecule has 72 valence electrons. The Morgan fingerprint density at radius 3 is 3.00 bits per heavy atom. The Morgan fingerprint density at radius 1 is 1.43 bits per heavy atom. The van der Waals surface area contributed by atoms with Gasteiger partial charge in [0.2, 0.25) is 0 Å². The van der Waals surface area contributed by atoms with Crippen LogP contribution in [-0.2, 0) is 12.8 Å². The molecule has 2 nitrogen and oxygen atoms in total. The lowest BCUT2D eigenvalue weighted by molar-refractivity contribution is 0.416. The third-order valence-corrected chi connectivity index (χ3v) is 2.68. The van der Waals surface area contributed by atoms with Crippen LogP contribution in [0.25, 0.3) is 0 Å². The summed E-state index contributed by atoms with van der Waals surface area (Å²) in [6.07, 6.45) is 3.41. The van der Waals surface area contributed by atoms with Crippen molar-refractivity contribution >= 4 is 23.1 Å². The van der Waals surface area contributed by atoms with Gasteiger partial charge in [0.05, 0.1) is 12.3 Å². The summed E-state index contributed by atoms with van der Waals surface area (Å²) < 4.78 is 5.24. The maximum atomic E-state index is 5.24. The van der Waals surface area contributed by atoms with Gasteiger partial charge >= 0.3 is 0 Å². The third kappa shape index (κ3) is 1.45. The normalized spacial score (nSPS) is 13.2. The van der Waals surface area contributed by atoms with E-state index in [1.165, 1.54) is 17.5 Å². The summed E-state index contributed by atoms with van der Waals surface area (Å²) in [5.41, 5.74) is 3.52. The zero-order valence-electron chi connectivity index (χ0n) is 8.04. The van der Waals surface area contributed by atoms with E-state index in [4.69, 9.17) is 4.74 Å². The zero-order valence-corrected chi connectivity index (χ0v) is 8.86. The Kier molecular flexibility index (Phi) is 2.62. The Morgan fingerprint density at radius 2 is 2.29 bits per heavy atom. The quantitative estimate of drug-likeness (QED) is 0.547. The number of hydrogen-bond donors (Lipinski definition) is 0.